The second-order valence-corrected chi connectivity index (χ2v) is 7.37. The first-order chi connectivity index (χ1) is 14.3. The molecule has 9 nitrogen and oxygen atoms in total. The second-order valence-electron chi connectivity index (χ2n) is 7.37. The first kappa shape index (κ1) is 21.3. The van der Waals surface area contributed by atoms with Gasteiger partial charge in [-0.1, -0.05) is 18.2 Å². The molecule has 0 spiro atoms. The fraction of sp³-hybridized carbons (Fsp3) is 0.333. The van der Waals surface area contributed by atoms with Crippen molar-refractivity contribution in [2.75, 3.05) is 32.6 Å². The van der Waals surface area contributed by atoms with E-state index in [0.29, 0.717) is 12.2 Å². The molecular weight excluding hydrogens is 388 g/mol. The summed E-state index contributed by atoms with van der Waals surface area (Å²) in [5.41, 5.74) is 2.83. The normalized spacial score (nSPS) is 13.3. The summed E-state index contributed by atoms with van der Waals surface area (Å²) in [5.74, 6) is -0.803. The van der Waals surface area contributed by atoms with Crippen LogP contribution in [-0.4, -0.2) is 48.9 Å². The van der Waals surface area contributed by atoms with E-state index in [0.717, 1.165) is 23.3 Å². The molecule has 0 aromatic heterocycles. The molecule has 1 heterocycles. The van der Waals surface area contributed by atoms with Gasteiger partial charge in [0.05, 0.1) is 23.3 Å². The molecule has 2 N–H and O–H groups in total. The number of carbonyl (C=O) groups excluding carboxylic acids is 2. The van der Waals surface area contributed by atoms with Gasteiger partial charge >= 0.3 is 11.8 Å². The summed E-state index contributed by atoms with van der Waals surface area (Å²) in [7, 11) is 3.79. The number of fused-ring (bicyclic) bond motifs is 1. The third-order valence-electron chi connectivity index (χ3n) is 5.06. The first-order valence-electron chi connectivity index (χ1n) is 9.52. The molecule has 0 aliphatic carbocycles. The summed E-state index contributed by atoms with van der Waals surface area (Å²) in [6.45, 7) is 2.59. The van der Waals surface area contributed by atoms with Gasteiger partial charge in [0.1, 0.15) is 5.75 Å². The number of hydrogen-bond acceptors (Lipinski definition) is 6. The Bertz CT molecular complexity index is 989. The number of carbonyl (C=O) groups is 2. The Morgan fingerprint density at radius 3 is 2.67 bits per heavy atom. The van der Waals surface area contributed by atoms with Crippen LogP contribution in [0.4, 0.5) is 11.4 Å². The van der Waals surface area contributed by atoms with Crippen LogP contribution in [0.25, 0.3) is 0 Å². The largest absolute Gasteiger partial charge is 0.493 e. The van der Waals surface area contributed by atoms with Gasteiger partial charge in [0.2, 0.25) is 0 Å². The first-order valence-corrected chi connectivity index (χ1v) is 9.52. The zero-order valence-corrected chi connectivity index (χ0v) is 17.1. The number of benzene rings is 2. The number of aryl methyl sites for hydroxylation is 1. The van der Waals surface area contributed by atoms with E-state index in [1.54, 1.807) is 6.92 Å². The zero-order valence-electron chi connectivity index (χ0n) is 17.1. The monoisotopic (exact) mass is 412 g/mol. The Kier molecular flexibility index (Phi) is 6.31. The van der Waals surface area contributed by atoms with Crippen molar-refractivity contribution in [3.8, 4) is 5.75 Å². The van der Waals surface area contributed by atoms with Gasteiger partial charge in [-0.3, -0.25) is 19.7 Å². The van der Waals surface area contributed by atoms with E-state index in [-0.39, 0.29) is 24.0 Å². The summed E-state index contributed by atoms with van der Waals surface area (Å²) in [6, 6.07) is 9.90. The number of non-ortho nitro benzene ring substituents is 1. The van der Waals surface area contributed by atoms with Crippen LogP contribution in [-0.2, 0) is 16.0 Å². The van der Waals surface area contributed by atoms with E-state index >= 15 is 0 Å². The highest BCUT2D eigenvalue weighted by Gasteiger charge is 2.22. The average molecular weight is 412 g/mol. The number of nitrogens with one attached hydrogen (secondary N) is 2. The molecule has 0 saturated heterocycles. The second kappa shape index (κ2) is 8.91. The fourth-order valence-corrected chi connectivity index (χ4v) is 3.32. The van der Waals surface area contributed by atoms with Gasteiger partial charge in [-0.15, -0.1) is 0 Å². The van der Waals surface area contributed by atoms with Crippen LogP contribution in [0.3, 0.4) is 0 Å². The lowest BCUT2D eigenvalue weighted by atomic mass is 10.0. The third kappa shape index (κ3) is 4.74. The van der Waals surface area contributed by atoms with Gasteiger partial charge in [0.25, 0.3) is 5.69 Å². The number of nitrogens with zero attached hydrogens (tertiary/aromatic N) is 2. The van der Waals surface area contributed by atoms with Crippen LogP contribution in [0.1, 0.15) is 22.7 Å². The molecule has 0 radical (unpaired) electrons. The van der Waals surface area contributed by atoms with Crippen LogP contribution >= 0.6 is 0 Å². The SMILES string of the molecule is Cc1ccc([N+](=O)[O-])cc1NC(=O)C(=O)NCC(c1ccc2c(c1)CCO2)N(C)C. The van der Waals surface area contributed by atoms with Gasteiger partial charge in [-0.2, -0.15) is 0 Å². The number of hydrogen-bond donors (Lipinski definition) is 2. The van der Waals surface area contributed by atoms with Gasteiger partial charge < -0.3 is 20.3 Å². The molecular formula is C21H24N4O5. The standard InChI is InChI=1S/C21H24N4O5/c1-13-4-6-16(25(28)29)11-17(13)23-21(27)20(26)22-12-18(24(2)3)14-5-7-19-15(10-14)8-9-30-19/h4-7,10-11,18H,8-9,12H2,1-3H3,(H,22,26)(H,23,27). The number of nitro benzene ring substituents is 1. The number of rotatable bonds is 6. The maximum absolute atomic E-state index is 12.3. The van der Waals surface area contributed by atoms with E-state index in [1.807, 2.05) is 31.1 Å². The van der Waals surface area contributed by atoms with Crippen molar-refractivity contribution in [3.63, 3.8) is 0 Å². The lowest BCUT2D eigenvalue weighted by Crippen LogP contribution is -2.40. The quantitative estimate of drug-likeness (QED) is 0.427. The minimum atomic E-state index is -0.876. The van der Waals surface area contributed by atoms with Crippen LogP contribution in [0.15, 0.2) is 36.4 Å². The highest BCUT2D eigenvalue weighted by molar-refractivity contribution is 6.39. The summed E-state index contributed by atoms with van der Waals surface area (Å²) in [6.07, 6.45) is 0.848. The number of ether oxygens (including phenoxy) is 1. The van der Waals surface area contributed by atoms with Crippen molar-refractivity contribution in [1.82, 2.24) is 10.2 Å². The highest BCUT2D eigenvalue weighted by atomic mass is 16.6. The van der Waals surface area contributed by atoms with Crippen molar-refractivity contribution in [2.45, 2.75) is 19.4 Å². The summed E-state index contributed by atoms with van der Waals surface area (Å²) < 4.78 is 5.53. The molecule has 9 heteroatoms. The smallest absolute Gasteiger partial charge is 0.313 e. The molecule has 0 bridgehead atoms. The van der Waals surface area contributed by atoms with E-state index in [9.17, 15) is 19.7 Å². The van der Waals surface area contributed by atoms with Gasteiger partial charge in [-0.25, -0.2) is 0 Å². The molecule has 1 aliphatic heterocycles. The minimum absolute atomic E-state index is 0.132. The number of anilines is 1. The molecule has 1 aliphatic rings. The Morgan fingerprint density at radius 1 is 1.20 bits per heavy atom. The lowest BCUT2D eigenvalue weighted by Gasteiger charge is -2.25. The summed E-state index contributed by atoms with van der Waals surface area (Å²) in [4.78, 5) is 37.0. The summed E-state index contributed by atoms with van der Waals surface area (Å²) in [5, 5.41) is 16.0. The molecule has 158 valence electrons. The maximum atomic E-state index is 12.3. The topological polar surface area (TPSA) is 114 Å². The van der Waals surface area contributed by atoms with Crippen LogP contribution in [0, 0.1) is 17.0 Å². The highest BCUT2D eigenvalue weighted by Crippen LogP contribution is 2.29. The van der Waals surface area contributed by atoms with Crippen LogP contribution in [0.5, 0.6) is 5.75 Å². The number of likely N-dealkylation sites (N-methyl/N-ethyl adjacent to an activating group) is 1. The molecule has 2 aromatic carbocycles. The zero-order chi connectivity index (χ0) is 21.8. The van der Waals surface area contributed by atoms with E-state index < -0.39 is 16.7 Å². The predicted molar refractivity (Wildman–Crippen MR) is 112 cm³/mol. The Hall–Kier alpha value is -3.46. The van der Waals surface area contributed by atoms with Crippen molar-refractivity contribution in [2.24, 2.45) is 0 Å². The Balaban J connectivity index is 1.65. The molecule has 0 saturated carbocycles. The Labute approximate surface area is 174 Å². The van der Waals surface area contributed by atoms with Gasteiger partial charge in [-0.05, 0) is 43.8 Å². The van der Waals surface area contributed by atoms with Crippen molar-refractivity contribution >= 4 is 23.2 Å². The average Bonchev–Trinajstić information content (AvgIpc) is 3.17. The van der Waals surface area contributed by atoms with E-state index in [4.69, 9.17) is 4.74 Å². The third-order valence-corrected chi connectivity index (χ3v) is 5.06. The Morgan fingerprint density at radius 2 is 1.97 bits per heavy atom. The molecule has 1 atom stereocenters. The lowest BCUT2D eigenvalue weighted by molar-refractivity contribution is -0.384. The van der Waals surface area contributed by atoms with Crippen molar-refractivity contribution in [3.05, 3.63) is 63.2 Å². The molecule has 2 amide bonds. The van der Waals surface area contributed by atoms with Gasteiger partial charge in [0.15, 0.2) is 0 Å². The van der Waals surface area contributed by atoms with Crippen LogP contribution < -0.4 is 15.4 Å². The van der Waals surface area contributed by atoms with Crippen molar-refractivity contribution < 1.29 is 19.2 Å². The van der Waals surface area contributed by atoms with E-state index in [1.165, 1.54) is 18.2 Å². The molecule has 3 rings (SSSR count). The number of nitro groups is 1. The van der Waals surface area contributed by atoms with E-state index in [2.05, 4.69) is 16.7 Å². The summed E-state index contributed by atoms with van der Waals surface area (Å²) >= 11 is 0. The maximum Gasteiger partial charge on any atom is 0.313 e. The van der Waals surface area contributed by atoms with Crippen LogP contribution in [0.2, 0.25) is 0 Å². The predicted octanol–water partition coefficient (Wildman–Crippen LogP) is 2.20. The van der Waals surface area contributed by atoms with Crippen molar-refractivity contribution in [1.29, 1.82) is 0 Å². The number of amides is 2. The van der Waals surface area contributed by atoms with Gasteiger partial charge in [0, 0.05) is 25.1 Å². The molecule has 30 heavy (non-hydrogen) atoms. The fourth-order valence-electron chi connectivity index (χ4n) is 3.32. The molecule has 1 unspecified atom stereocenters. The molecule has 0 fully saturated rings. The minimum Gasteiger partial charge on any atom is -0.493 e. The molecule has 2 aromatic rings.